The molecule has 0 fully saturated rings. The molecule has 0 heterocycles. The summed E-state index contributed by atoms with van der Waals surface area (Å²) in [4.78, 5) is 0. The van der Waals surface area contributed by atoms with Gasteiger partial charge in [-0.05, 0) is 23.6 Å². The first kappa shape index (κ1) is 16.8. The molecule has 0 unspecified atom stereocenters. The first-order chi connectivity index (χ1) is 10.3. The molecule has 2 N–H and O–H groups in total. The number of nitrogens with two attached hydrogens (primary N) is 1. The molecule has 22 heavy (non-hydrogen) atoms. The highest BCUT2D eigenvalue weighted by atomic mass is 35.5. The highest BCUT2D eigenvalue weighted by Crippen LogP contribution is 2.38. The zero-order chi connectivity index (χ0) is 16.4. The van der Waals surface area contributed by atoms with Gasteiger partial charge in [0, 0.05) is 12.0 Å². The maximum atomic E-state index is 13.0. The van der Waals surface area contributed by atoms with Crippen molar-refractivity contribution in [2.45, 2.75) is 24.9 Å². The van der Waals surface area contributed by atoms with Crippen LogP contribution in [0, 0.1) is 0 Å². The first-order valence-corrected chi connectivity index (χ1v) is 7.26. The molecule has 118 valence electrons. The van der Waals surface area contributed by atoms with Crippen molar-refractivity contribution < 1.29 is 13.2 Å². The Morgan fingerprint density at radius 2 is 1.64 bits per heavy atom. The fourth-order valence-electron chi connectivity index (χ4n) is 2.49. The number of benzene rings is 2. The van der Waals surface area contributed by atoms with E-state index >= 15 is 0 Å². The SMILES string of the molecule is C[C@@](CN)(Cc1cccc(C(F)(F)F)c1Cl)c1ccccc1. The van der Waals surface area contributed by atoms with Crippen LogP contribution in [0.5, 0.6) is 0 Å². The second kappa shape index (κ2) is 6.31. The fraction of sp³-hybridized carbons (Fsp3) is 0.294. The van der Waals surface area contributed by atoms with Crippen LogP contribution in [0.25, 0.3) is 0 Å². The van der Waals surface area contributed by atoms with E-state index in [9.17, 15) is 13.2 Å². The molecule has 0 bridgehead atoms. The van der Waals surface area contributed by atoms with Crippen molar-refractivity contribution in [1.29, 1.82) is 0 Å². The maximum Gasteiger partial charge on any atom is 0.417 e. The van der Waals surface area contributed by atoms with Crippen molar-refractivity contribution in [3.05, 3.63) is 70.2 Å². The summed E-state index contributed by atoms with van der Waals surface area (Å²) in [6, 6.07) is 13.5. The van der Waals surface area contributed by atoms with Crippen LogP contribution in [0.15, 0.2) is 48.5 Å². The summed E-state index contributed by atoms with van der Waals surface area (Å²) in [6.45, 7) is 2.24. The number of hydrogen-bond donors (Lipinski definition) is 1. The van der Waals surface area contributed by atoms with Crippen LogP contribution >= 0.6 is 11.6 Å². The van der Waals surface area contributed by atoms with Crippen LogP contribution in [0.2, 0.25) is 5.02 Å². The Balaban J connectivity index is 2.41. The molecule has 2 aromatic rings. The highest BCUT2D eigenvalue weighted by Gasteiger charge is 2.35. The standard InChI is InChI=1S/C17H17ClF3N/c1-16(11-22,13-7-3-2-4-8-13)10-12-6-5-9-14(15(12)18)17(19,20)21/h2-9H,10-11,22H2,1H3/t16-/m0/s1. The Morgan fingerprint density at radius 3 is 2.18 bits per heavy atom. The van der Waals surface area contributed by atoms with Crippen LogP contribution in [-0.2, 0) is 18.0 Å². The predicted octanol–water partition coefficient (Wildman–Crippen LogP) is 4.82. The van der Waals surface area contributed by atoms with Gasteiger partial charge in [0.1, 0.15) is 0 Å². The van der Waals surface area contributed by atoms with Gasteiger partial charge in [-0.2, -0.15) is 13.2 Å². The first-order valence-electron chi connectivity index (χ1n) is 6.88. The summed E-state index contributed by atoms with van der Waals surface area (Å²) in [7, 11) is 0. The van der Waals surface area contributed by atoms with Gasteiger partial charge in [0.05, 0.1) is 10.6 Å². The lowest BCUT2D eigenvalue weighted by Crippen LogP contribution is -2.34. The maximum absolute atomic E-state index is 13.0. The van der Waals surface area contributed by atoms with Gasteiger partial charge >= 0.3 is 6.18 Å². The minimum absolute atomic E-state index is 0.245. The zero-order valence-corrected chi connectivity index (χ0v) is 12.9. The van der Waals surface area contributed by atoms with Gasteiger partial charge in [0.25, 0.3) is 0 Å². The van der Waals surface area contributed by atoms with E-state index in [0.717, 1.165) is 11.6 Å². The Bertz CT molecular complexity index is 640. The Labute approximate surface area is 132 Å². The summed E-state index contributed by atoms with van der Waals surface area (Å²) in [5.74, 6) is 0. The number of halogens is 4. The lowest BCUT2D eigenvalue weighted by molar-refractivity contribution is -0.137. The second-order valence-electron chi connectivity index (χ2n) is 5.58. The van der Waals surface area contributed by atoms with Crippen LogP contribution in [-0.4, -0.2) is 6.54 Å². The summed E-state index contributed by atoms with van der Waals surface area (Å²) in [5.41, 5.74) is 6.04. The average Bonchev–Trinajstić information content (AvgIpc) is 2.49. The van der Waals surface area contributed by atoms with Gasteiger partial charge in [-0.1, -0.05) is 61.0 Å². The van der Waals surface area contributed by atoms with E-state index in [1.165, 1.54) is 6.07 Å². The molecule has 0 spiro atoms. The average molecular weight is 328 g/mol. The molecule has 5 heteroatoms. The number of hydrogen-bond acceptors (Lipinski definition) is 1. The number of rotatable bonds is 4. The minimum Gasteiger partial charge on any atom is -0.330 e. The fourth-order valence-corrected chi connectivity index (χ4v) is 2.79. The second-order valence-corrected chi connectivity index (χ2v) is 5.96. The topological polar surface area (TPSA) is 26.0 Å². The lowest BCUT2D eigenvalue weighted by Gasteiger charge is -2.29. The van der Waals surface area contributed by atoms with Crippen LogP contribution < -0.4 is 5.73 Å². The van der Waals surface area contributed by atoms with E-state index in [4.69, 9.17) is 17.3 Å². The predicted molar refractivity (Wildman–Crippen MR) is 83.0 cm³/mol. The third-order valence-corrected chi connectivity index (χ3v) is 4.33. The smallest absolute Gasteiger partial charge is 0.330 e. The summed E-state index contributed by atoms with van der Waals surface area (Å²) in [6.07, 6.45) is -4.12. The van der Waals surface area contributed by atoms with Crippen molar-refractivity contribution in [2.24, 2.45) is 5.73 Å². The molecule has 2 aromatic carbocycles. The van der Waals surface area contributed by atoms with Crippen molar-refractivity contribution >= 4 is 11.6 Å². The van der Waals surface area contributed by atoms with E-state index in [-0.39, 0.29) is 5.02 Å². The zero-order valence-electron chi connectivity index (χ0n) is 12.1. The quantitative estimate of drug-likeness (QED) is 0.856. The van der Waals surface area contributed by atoms with Crippen LogP contribution in [0.4, 0.5) is 13.2 Å². The summed E-state index contributed by atoms with van der Waals surface area (Å²) >= 11 is 5.98. The van der Waals surface area contributed by atoms with E-state index in [2.05, 4.69) is 0 Å². The largest absolute Gasteiger partial charge is 0.417 e. The van der Waals surface area contributed by atoms with Gasteiger partial charge in [-0.3, -0.25) is 0 Å². The third-order valence-electron chi connectivity index (χ3n) is 3.89. The van der Waals surface area contributed by atoms with Crippen molar-refractivity contribution in [1.82, 2.24) is 0 Å². The van der Waals surface area contributed by atoms with Gasteiger partial charge < -0.3 is 5.73 Å². The molecule has 0 radical (unpaired) electrons. The Morgan fingerprint density at radius 1 is 1.00 bits per heavy atom. The Kier molecular flexibility index (Phi) is 4.83. The van der Waals surface area contributed by atoms with Gasteiger partial charge in [0.15, 0.2) is 0 Å². The third kappa shape index (κ3) is 3.45. The van der Waals surface area contributed by atoms with Crippen LogP contribution in [0.1, 0.15) is 23.6 Å². The summed E-state index contributed by atoms with van der Waals surface area (Å²) < 4.78 is 38.9. The van der Waals surface area contributed by atoms with E-state index in [1.807, 2.05) is 37.3 Å². The lowest BCUT2D eigenvalue weighted by atomic mass is 9.77. The van der Waals surface area contributed by atoms with Gasteiger partial charge in [-0.25, -0.2) is 0 Å². The Hall–Kier alpha value is -1.52. The van der Waals surface area contributed by atoms with Crippen LogP contribution in [0.3, 0.4) is 0 Å². The highest BCUT2D eigenvalue weighted by molar-refractivity contribution is 6.32. The van der Waals surface area contributed by atoms with Crippen molar-refractivity contribution in [3.8, 4) is 0 Å². The molecule has 1 nitrogen and oxygen atoms in total. The molecule has 0 saturated carbocycles. The van der Waals surface area contributed by atoms with E-state index < -0.39 is 17.2 Å². The summed E-state index contributed by atoms with van der Waals surface area (Å²) in [5, 5.41) is -0.245. The van der Waals surface area contributed by atoms with Gasteiger partial charge in [-0.15, -0.1) is 0 Å². The van der Waals surface area contributed by atoms with E-state index in [0.29, 0.717) is 18.5 Å². The minimum atomic E-state index is -4.46. The van der Waals surface area contributed by atoms with E-state index in [1.54, 1.807) is 6.07 Å². The molecule has 2 rings (SSSR count). The molecule has 0 aliphatic rings. The molecular formula is C17H17ClF3N. The van der Waals surface area contributed by atoms with Crippen molar-refractivity contribution in [3.63, 3.8) is 0 Å². The van der Waals surface area contributed by atoms with Crippen molar-refractivity contribution in [2.75, 3.05) is 6.54 Å². The monoisotopic (exact) mass is 327 g/mol. The molecule has 0 amide bonds. The molecule has 1 atom stereocenters. The normalized spacial score (nSPS) is 14.6. The molecular weight excluding hydrogens is 311 g/mol. The van der Waals surface area contributed by atoms with Gasteiger partial charge in [0.2, 0.25) is 0 Å². The molecule has 0 saturated heterocycles. The number of alkyl halides is 3. The molecule has 0 aliphatic carbocycles. The molecule has 0 aliphatic heterocycles. The molecule has 0 aromatic heterocycles.